The van der Waals surface area contributed by atoms with Gasteiger partial charge >= 0.3 is 5.97 Å². The number of nitrogens with zero attached hydrogens (tertiary/aromatic N) is 1. The molecule has 0 unspecified atom stereocenters. The normalized spacial score (nSPS) is 16.0. The first-order chi connectivity index (χ1) is 11.6. The molecule has 1 amide bonds. The van der Waals surface area contributed by atoms with Crippen LogP contribution < -0.4 is 0 Å². The van der Waals surface area contributed by atoms with Gasteiger partial charge in [0.25, 0.3) is 5.91 Å². The summed E-state index contributed by atoms with van der Waals surface area (Å²) in [5, 5.41) is 1.17. The highest BCUT2D eigenvalue weighted by Crippen LogP contribution is 2.39. The summed E-state index contributed by atoms with van der Waals surface area (Å²) >= 11 is 3.11. The summed E-state index contributed by atoms with van der Waals surface area (Å²) in [6, 6.07) is 10.0. The summed E-state index contributed by atoms with van der Waals surface area (Å²) in [6.07, 6.45) is 1.33. The van der Waals surface area contributed by atoms with Crippen molar-refractivity contribution in [1.29, 1.82) is 0 Å². The Bertz CT molecular complexity index is 921. The summed E-state index contributed by atoms with van der Waals surface area (Å²) in [6.45, 7) is 3.19. The van der Waals surface area contributed by atoms with Gasteiger partial charge < -0.3 is 9.64 Å². The second-order valence-electron chi connectivity index (χ2n) is 5.98. The third-order valence-corrected chi connectivity index (χ3v) is 6.70. The molecule has 124 valence electrons. The smallest absolute Gasteiger partial charge is 0.349 e. The number of hydrogen-bond donors (Lipinski definition) is 0. The quantitative estimate of drug-likeness (QED) is 0.656. The Kier molecular flexibility index (Phi) is 4.02. The molecule has 1 aliphatic heterocycles. The molecule has 2 aromatic heterocycles. The molecule has 0 saturated carbocycles. The molecule has 1 aromatic carbocycles. The van der Waals surface area contributed by atoms with Crippen LogP contribution in [-0.2, 0) is 9.53 Å². The number of rotatable bonds is 3. The van der Waals surface area contributed by atoms with E-state index in [1.165, 1.54) is 21.4 Å². The molecule has 24 heavy (non-hydrogen) atoms. The fraction of sp³-hybridized carbons (Fsp3) is 0.333. The van der Waals surface area contributed by atoms with E-state index in [0.29, 0.717) is 4.88 Å². The molecule has 0 spiro atoms. The monoisotopic (exact) mass is 359 g/mol. The van der Waals surface area contributed by atoms with Crippen LogP contribution in [0.1, 0.15) is 29.4 Å². The lowest BCUT2D eigenvalue weighted by Gasteiger charge is -2.20. The van der Waals surface area contributed by atoms with E-state index in [9.17, 15) is 9.59 Å². The van der Waals surface area contributed by atoms with Crippen molar-refractivity contribution in [3.05, 3.63) is 35.2 Å². The average molecular weight is 359 g/mol. The zero-order valence-corrected chi connectivity index (χ0v) is 14.9. The molecule has 3 heterocycles. The van der Waals surface area contributed by atoms with Crippen LogP contribution in [0.25, 0.3) is 19.5 Å². The minimum Gasteiger partial charge on any atom is -0.448 e. The predicted octanol–water partition coefficient (Wildman–Crippen LogP) is 4.28. The highest BCUT2D eigenvalue weighted by Gasteiger charge is 2.27. The second kappa shape index (κ2) is 6.18. The van der Waals surface area contributed by atoms with Crippen LogP contribution in [0.15, 0.2) is 30.3 Å². The number of likely N-dealkylation sites (tertiary alicyclic amines) is 1. The van der Waals surface area contributed by atoms with E-state index in [4.69, 9.17) is 4.74 Å². The van der Waals surface area contributed by atoms with E-state index >= 15 is 0 Å². The molecule has 1 fully saturated rings. The van der Waals surface area contributed by atoms with Gasteiger partial charge in [0, 0.05) is 27.9 Å². The van der Waals surface area contributed by atoms with Crippen LogP contribution >= 0.6 is 22.7 Å². The topological polar surface area (TPSA) is 46.6 Å². The standard InChI is InChI=1S/C18H17NO3S2/c1-11(17(20)19-8-4-5-9-19)22-18(21)15-10-14-16(24-15)12-6-2-3-7-13(12)23-14/h2-3,6-7,10-11H,4-5,8-9H2,1H3/t11-/m0/s1. The average Bonchev–Trinajstić information content (AvgIpc) is 3.29. The summed E-state index contributed by atoms with van der Waals surface area (Å²) in [7, 11) is 0. The fourth-order valence-electron chi connectivity index (χ4n) is 3.06. The van der Waals surface area contributed by atoms with Crippen molar-refractivity contribution in [3.8, 4) is 0 Å². The van der Waals surface area contributed by atoms with Crippen molar-refractivity contribution < 1.29 is 14.3 Å². The number of carbonyl (C=O) groups is 2. The summed E-state index contributed by atoms with van der Waals surface area (Å²) in [5.74, 6) is -0.503. The number of carbonyl (C=O) groups excluding carboxylic acids is 2. The van der Waals surface area contributed by atoms with Crippen molar-refractivity contribution in [2.45, 2.75) is 25.9 Å². The maximum absolute atomic E-state index is 12.4. The number of fused-ring (bicyclic) bond motifs is 3. The Labute approximate surface area is 147 Å². The summed E-state index contributed by atoms with van der Waals surface area (Å²) < 4.78 is 8.83. The van der Waals surface area contributed by atoms with Gasteiger partial charge in [-0.25, -0.2) is 4.79 Å². The van der Waals surface area contributed by atoms with Crippen molar-refractivity contribution in [3.63, 3.8) is 0 Å². The lowest BCUT2D eigenvalue weighted by molar-refractivity contribution is -0.138. The maximum Gasteiger partial charge on any atom is 0.349 e. The van der Waals surface area contributed by atoms with Gasteiger partial charge in [0.2, 0.25) is 0 Å². The molecule has 0 N–H and O–H groups in total. The molecule has 0 bridgehead atoms. The third-order valence-electron chi connectivity index (χ3n) is 4.30. The lowest BCUT2D eigenvalue weighted by atomic mass is 10.2. The van der Waals surface area contributed by atoms with Crippen LogP contribution in [0, 0.1) is 0 Å². The number of esters is 1. The zero-order valence-electron chi connectivity index (χ0n) is 13.3. The Hall–Kier alpha value is -1.92. The molecule has 0 radical (unpaired) electrons. The molecule has 4 nitrogen and oxygen atoms in total. The number of hydrogen-bond acceptors (Lipinski definition) is 5. The summed E-state index contributed by atoms with van der Waals surface area (Å²) in [5.41, 5.74) is 0. The van der Waals surface area contributed by atoms with Gasteiger partial charge in [-0.1, -0.05) is 18.2 Å². The van der Waals surface area contributed by atoms with E-state index in [1.54, 1.807) is 23.2 Å². The molecule has 1 saturated heterocycles. The summed E-state index contributed by atoms with van der Waals surface area (Å²) in [4.78, 5) is 27.0. The van der Waals surface area contributed by atoms with Gasteiger partial charge in [-0.05, 0) is 31.9 Å². The van der Waals surface area contributed by atoms with Crippen molar-refractivity contribution in [1.82, 2.24) is 4.90 Å². The highest BCUT2D eigenvalue weighted by atomic mass is 32.1. The third kappa shape index (κ3) is 2.70. The largest absolute Gasteiger partial charge is 0.448 e. The van der Waals surface area contributed by atoms with Crippen LogP contribution in [-0.4, -0.2) is 36.0 Å². The molecular formula is C18H17NO3S2. The van der Waals surface area contributed by atoms with Gasteiger partial charge in [-0.3, -0.25) is 4.79 Å². The van der Waals surface area contributed by atoms with Crippen LogP contribution in [0.5, 0.6) is 0 Å². The number of amides is 1. The van der Waals surface area contributed by atoms with Crippen molar-refractivity contribution >= 4 is 54.0 Å². The minimum absolute atomic E-state index is 0.0929. The first kappa shape index (κ1) is 15.6. The van der Waals surface area contributed by atoms with Gasteiger partial charge in [-0.15, -0.1) is 22.7 Å². The first-order valence-corrected chi connectivity index (χ1v) is 9.67. The number of ether oxygens (including phenoxy) is 1. The SMILES string of the molecule is C[C@H](OC(=O)c1cc2sc3ccccc3c2s1)C(=O)N1CCCC1. The van der Waals surface area contributed by atoms with E-state index < -0.39 is 12.1 Å². The molecular weight excluding hydrogens is 342 g/mol. The van der Waals surface area contributed by atoms with Gasteiger partial charge in [0.15, 0.2) is 6.10 Å². The van der Waals surface area contributed by atoms with Crippen LogP contribution in [0.2, 0.25) is 0 Å². The minimum atomic E-state index is -0.729. The zero-order chi connectivity index (χ0) is 16.7. The molecule has 1 atom stereocenters. The molecule has 3 aromatic rings. The van der Waals surface area contributed by atoms with Crippen molar-refractivity contribution in [2.75, 3.05) is 13.1 Å². The van der Waals surface area contributed by atoms with E-state index in [-0.39, 0.29) is 5.91 Å². The van der Waals surface area contributed by atoms with Crippen LogP contribution in [0.3, 0.4) is 0 Å². The first-order valence-electron chi connectivity index (χ1n) is 8.04. The van der Waals surface area contributed by atoms with Crippen molar-refractivity contribution in [2.24, 2.45) is 0 Å². The maximum atomic E-state index is 12.4. The highest BCUT2D eigenvalue weighted by molar-refractivity contribution is 7.33. The van der Waals surface area contributed by atoms with Gasteiger partial charge in [0.05, 0.1) is 4.70 Å². The molecule has 0 aliphatic carbocycles. The van der Waals surface area contributed by atoms with Gasteiger partial charge in [-0.2, -0.15) is 0 Å². The Morgan fingerprint density at radius 2 is 1.88 bits per heavy atom. The van der Waals surface area contributed by atoms with Gasteiger partial charge in [0.1, 0.15) is 4.88 Å². The molecule has 6 heteroatoms. The lowest BCUT2D eigenvalue weighted by Crippen LogP contribution is -2.38. The Morgan fingerprint density at radius 3 is 2.67 bits per heavy atom. The van der Waals surface area contributed by atoms with Crippen LogP contribution in [0.4, 0.5) is 0 Å². The fourth-order valence-corrected chi connectivity index (χ4v) is 5.47. The molecule has 1 aliphatic rings. The number of thiophene rings is 2. The van der Waals surface area contributed by atoms with E-state index in [1.807, 2.05) is 18.2 Å². The van der Waals surface area contributed by atoms with E-state index in [2.05, 4.69) is 12.1 Å². The Balaban J connectivity index is 1.53. The number of benzene rings is 1. The second-order valence-corrected chi connectivity index (χ2v) is 8.12. The predicted molar refractivity (Wildman–Crippen MR) is 97.9 cm³/mol. The van der Waals surface area contributed by atoms with E-state index in [0.717, 1.165) is 35.3 Å². The Morgan fingerprint density at radius 1 is 1.12 bits per heavy atom. The molecule has 4 rings (SSSR count).